The smallest absolute Gasteiger partial charge is 0.0791 e. The van der Waals surface area contributed by atoms with Gasteiger partial charge >= 0.3 is 0 Å². The van der Waals surface area contributed by atoms with E-state index in [9.17, 15) is 0 Å². The van der Waals surface area contributed by atoms with Gasteiger partial charge in [-0.3, -0.25) is 9.98 Å². The molecule has 0 radical (unpaired) electrons. The Hall–Kier alpha value is -0.960. The highest BCUT2D eigenvalue weighted by atomic mass is 16.5. The van der Waals surface area contributed by atoms with Crippen LogP contribution in [0.3, 0.4) is 0 Å². The number of nitrogens with zero attached hydrogens (tertiary/aromatic N) is 2. The number of rotatable bonds is 2. The standard InChI is InChI=1S/C43H64N2O/c1-2-10-27(11-3-1)37-23-20-28-18-19-29-21-24-38(45-42(29)41(28)44-37)30-22-25-40-36(26-30)43(35-16-8-9-17-39(35)46-40)33-14-6-4-12-31(33)32-13-5-7-15-34(32)43/h20,23,27-36,39-42H,1-19,21-22,24-26H2. The van der Waals surface area contributed by atoms with Crippen LogP contribution in [0.4, 0.5) is 0 Å². The van der Waals surface area contributed by atoms with Crippen molar-refractivity contribution in [3.8, 4) is 0 Å². The molecule has 7 saturated carbocycles. The van der Waals surface area contributed by atoms with E-state index in [-0.39, 0.29) is 0 Å². The van der Waals surface area contributed by atoms with Crippen molar-refractivity contribution >= 4 is 11.4 Å². The second kappa shape index (κ2) is 12.1. The number of dihydropyridines is 1. The van der Waals surface area contributed by atoms with Crippen LogP contribution in [-0.4, -0.2) is 35.7 Å². The fourth-order valence-electron chi connectivity index (χ4n) is 15.6. The predicted octanol–water partition coefficient (Wildman–Crippen LogP) is 10.6. The zero-order valence-corrected chi connectivity index (χ0v) is 29.0. The van der Waals surface area contributed by atoms with E-state index in [0.29, 0.717) is 41.5 Å². The van der Waals surface area contributed by atoms with Crippen molar-refractivity contribution in [1.82, 2.24) is 0 Å². The van der Waals surface area contributed by atoms with Crippen molar-refractivity contribution in [2.45, 2.75) is 178 Å². The number of aliphatic imine (C=N–C) groups is 2. The molecule has 0 bridgehead atoms. The summed E-state index contributed by atoms with van der Waals surface area (Å²) >= 11 is 0. The van der Waals surface area contributed by atoms with Crippen molar-refractivity contribution in [1.29, 1.82) is 0 Å². The summed E-state index contributed by atoms with van der Waals surface area (Å²) in [6.07, 6.45) is 40.6. The van der Waals surface area contributed by atoms with Crippen molar-refractivity contribution in [3.63, 3.8) is 0 Å². The van der Waals surface area contributed by atoms with E-state index in [2.05, 4.69) is 12.2 Å². The third-order valence-electron chi connectivity index (χ3n) is 17.1. The highest BCUT2D eigenvalue weighted by molar-refractivity contribution is 5.98. The largest absolute Gasteiger partial charge is 0.374 e. The average molecular weight is 625 g/mol. The third-order valence-corrected chi connectivity index (χ3v) is 17.1. The van der Waals surface area contributed by atoms with Crippen LogP contribution in [-0.2, 0) is 4.74 Å². The Bertz CT molecular complexity index is 1210. The minimum absolute atomic E-state index is 0.431. The lowest BCUT2D eigenvalue weighted by molar-refractivity contribution is -0.244. The molecule has 0 aromatic carbocycles. The van der Waals surface area contributed by atoms with Crippen LogP contribution < -0.4 is 0 Å². The molecular formula is C43H64N2O. The minimum Gasteiger partial charge on any atom is -0.374 e. The molecule has 46 heavy (non-hydrogen) atoms. The lowest BCUT2D eigenvalue weighted by Crippen LogP contribution is -2.62. The fourth-order valence-corrected chi connectivity index (χ4v) is 15.6. The summed E-state index contributed by atoms with van der Waals surface area (Å²) in [5, 5.41) is 0. The van der Waals surface area contributed by atoms with Crippen LogP contribution in [0.1, 0.15) is 154 Å². The van der Waals surface area contributed by atoms with Gasteiger partial charge in [-0.05, 0) is 155 Å². The van der Waals surface area contributed by atoms with Gasteiger partial charge in [-0.15, -0.1) is 0 Å². The number of fused-ring (bicyclic) bond motifs is 12. The molecule has 3 aliphatic heterocycles. The van der Waals surface area contributed by atoms with E-state index in [4.69, 9.17) is 14.7 Å². The Morgan fingerprint density at radius 1 is 0.543 bits per heavy atom. The molecule has 0 aromatic rings. The Labute approximate surface area is 280 Å². The zero-order valence-electron chi connectivity index (χ0n) is 29.0. The Kier molecular flexibility index (Phi) is 7.88. The topological polar surface area (TPSA) is 34.0 Å². The van der Waals surface area contributed by atoms with Gasteiger partial charge in [0.2, 0.25) is 0 Å². The summed E-state index contributed by atoms with van der Waals surface area (Å²) in [4.78, 5) is 11.6. The molecule has 3 nitrogen and oxygen atoms in total. The van der Waals surface area contributed by atoms with Gasteiger partial charge in [0.05, 0.1) is 24.3 Å². The normalized spacial score (nSPS) is 51.9. The monoisotopic (exact) mass is 625 g/mol. The van der Waals surface area contributed by atoms with Gasteiger partial charge in [0, 0.05) is 23.3 Å². The summed E-state index contributed by atoms with van der Waals surface area (Å²) < 4.78 is 7.34. The number of hydrogen-bond donors (Lipinski definition) is 0. The van der Waals surface area contributed by atoms with Crippen molar-refractivity contribution in [2.75, 3.05) is 0 Å². The molecule has 13 atom stereocenters. The molecule has 1 spiro atoms. The summed E-state index contributed by atoms with van der Waals surface area (Å²) in [7, 11) is 0. The number of allylic oxidation sites excluding steroid dienone is 1. The van der Waals surface area contributed by atoms with Crippen LogP contribution in [0.25, 0.3) is 0 Å². The van der Waals surface area contributed by atoms with E-state index in [0.717, 1.165) is 47.3 Å². The molecule has 13 unspecified atom stereocenters. The van der Waals surface area contributed by atoms with E-state index < -0.39 is 0 Å². The van der Waals surface area contributed by atoms with E-state index >= 15 is 0 Å². The Morgan fingerprint density at radius 3 is 2.04 bits per heavy atom. The first kappa shape index (κ1) is 29.9. The molecule has 8 fully saturated rings. The molecule has 10 rings (SSSR count). The average Bonchev–Trinajstić information content (AvgIpc) is 3.42. The SMILES string of the molecule is C1=CC2CCC3CCC(C4CCC5OC6CCCCC6C6(C5C4)C4CCCCC4C4CCCCC46)=NC3C2N=C1C1CCCCC1. The molecule has 3 heteroatoms. The highest BCUT2D eigenvalue weighted by Crippen LogP contribution is 2.73. The van der Waals surface area contributed by atoms with Gasteiger partial charge < -0.3 is 4.74 Å². The maximum absolute atomic E-state index is 7.34. The molecule has 1 saturated heterocycles. The maximum atomic E-state index is 7.34. The van der Waals surface area contributed by atoms with Gasteiger partial charge in [-0.2, -0.15) is 0 Å². The predicted molar refractivity (Wildman–Crippen MR) is 188 cm³/mol. The van der Waals surface area contributed by atoms with Crippen LogP contribution in [0.5, 0.6) is 0 Å². The fraction of sp³-hybridized carbons (Fsp3) is 0.907. The van der Waals surface area contributed by atoms with Gasteiger partial charge in [0.25, 0.3) is 0 Å². The van der Waals surface area contributed by atoms with Gasteiger partial charge in [0.1, 0.15) is 0 Å². The maximum Gasteiger partial charge on any atom is 0.0791 e. The van der Waals surface area contributed by atoms with Crippen molar-refractivity contribution in [2.24, 2.45) is 74.6 Å². The van der Waals surface area contributed by atoms with Gasteiger partial charge in [-0.1, -0.05) is 63.9 Å². The first-order chi connectivity index (χ1) is 22.8. The van der Waals surface area contributed by atoms with Gasteiger partial charge in [-0.25, -0.2) is 0 Å². The van der Waals surface area contributed by atoms with Crippen LogP contribution in [0.2, 0.25) is 0 Å². The molecule has 0 amide bonds. The number of ether oxygens (including phenoxy) is 1. The van der Waals surface area contributed by atoms with E-state index in [1.165, 1.54) is 134 Å². The molecular weight excluding hydrogens is 560 g/mol. The van der Waals surface area contributed by atoms with Gasteiger partial charge in [0.15, 0.2) is 0 Å². The van der Waals surface area contributed by atoms with E-state index in [1.54, 1.807) is 31.4 Å². The minimum atomic E-state index is 0.431. The Balaban J connectivity index is 0.979. The number of hydrogen-bond acceptors (Lipinski definition) is 3. The van der Waals surface area contributed by atoms with Crippen molar-refractivity contribution in [3.05, 3.63) is 12.2 Å². The van der Waals surface area contributed by atoms with Crippen LogP contribution in [0.15, 0.2) is 22.1 Å². The second-order valence-electron chi connectivity index (χ2n) is 18.7. The molecule has 10 aliphatic rings. The summed E-state index contributed by atoms with van der Waals surface area (Å²) in [6, 6.07) is 0.889. The van der Waals surface area contributed by atoms with E-state index in [1.807, 2.05) is 0 Å². The summed E-state index contributed by atoms with van der Waals surface area (Å²) in [5.74, 6) is 8.62. The van der Waals surface area contributed by atoms with Crippen LogP contribution >= 0.6 is 0 Å². The molecule has 252 valence electrons. The second-order valence-corrected chi connectivity index (χ2v) is 18.7. The zero-order chi connectivity index (χ0) is 30.2. The Morgan fingerprint density at radius 2 is 1.24 bits per heavy atom. The quantitative estimate of drug-likeness (QED) is 0.301. The molecule has 0 N–H and O–H groups in total. The lowest BCUT2D eigenvalue weighted by atomic mass is 9.46. The first-order valence-electron chi connectivity index (χ1n) is 21.3. The summed E-state index contributed by atoms with van der Waals surface area (Å²) in [6.45, 7) is 0. The summed E-state index contributed by atoms with van der Waals surface area (Å²) in [5.41, 5.74) is 3.70. The highest BCUT2D eigenvalue weighted by Gasteiger charge is 2.70. The van der Waals surface area contributed by atoms with Crippen molar-refractivity contribution < 1.29 is 4.74 Å². The lowest BCUT2D eigenvalue weighted by Gasteiger charge is -2.64. The molecule has 0 aromatic heterocycles. The van der Waals surface area contributed by atoms with Crippen LogP contribution in [0, 0.1) is 64.6 Å². The molecule has 7 aliphatic carbocycles. The molecule has 3 heterocycles. The first-order valence-corrected chi connectivity index (χ1v) is 21.3. The third kappa shape index (κ3) is 4.64.